The summed E-state index contributed by atoms with van der Waals surface area (Å²) in [6.45, 7) is 5.35. The minimum atomic E-state index is -0.350. The monoisotopic (exact) mass is 242 g/mol. The van der Waals surface area contributed by atoms with E-state index in [2.05, 4.69) is 0 Å². The number of aliphatic hydroxyl groups is 1. The van der Waals surface area contributed by atoms with Crippen molar-refractivity contribution < 1.29 is 14.7 Å². The third kappa shape index (κ3) is 3.19. The molecule has 0 aromatic heterocycles. The van der Waals surface area contributed by atoms with Gasteiger partial charge >= 0.3 is 0 Å². The summed E-state index contributed by atoms with van der Waals surface area (Å²) in [4.78, 5) is 27.2. The summed E-state index contributed by atoms with van der Waals surface area (Å²) >= 11 is 0. The Kier molecular flexibility index (Phi) is 5.41. The molecule has 98 valence electrons. The van der Waals surface area contributed by atoms with Crippen LogP contribution in [-0.2, 0) is 9.59 Å². The number of amides is 2. The van der Waals surface area contributed by atoms with Crippen LogP contribution in [0.3, 0.4) is 0 Å². The van der Waals surface area contributed by atoms with Crippen molar-refractivity contribution >= 4 is 11.8 Å². The van der Waals surface area contributed by atoms with Gasteiger partial charge in [0.25, 0.3) is 0 Å². The summed E-state index contributed by atoms with van der Waals surface area (Å²) < 4.78 is 0. The van der Waals surface area contributed by atoms with Crippen LogP contribution in [0.2, 0.25) is 0 Å². The largest absolute Gasteiger partial charge is 0.395 e. The van der Waals surface area contributed by atoms with Crippen LogP contribution in [0.4, 0.5) is 0 Å². The Bertz CT molecular complexity index is 281. The van der Waals surface area contributed by atoms with Crippen LogP contribution in [0.5, 0.6) is 0 Å². The smallest absolute Gasteiger partial charge is 0.245 e. The van der Waals surface area contributed by atoms with Crippen molar-refractivity contribution in [3.05, 3.63) is 0 Å². The number of carbonyl (C=O) groups is 2. The first kappa shape index (κ1) is 14.0. The maximum Gasteiger partial charge on any atom is 0.245 e. The number of nitrogens with zero attached hydrogens (tertiary/aromatic N) is 2. The Hall–Kier alpha value is -1.10. The second-order valence-corrected chi connectivity index (χ2v) is 4.26. The zero-order valence-electron chi connectivity index (χ0n) is 10.7. The lowest BCUT2D eigenvalue weighted by Gasteiger charge is -2.31. The molecular weight excluding hydrogens is 220 g/mol. The van der Waals surface area contributed by atoms with Gasteiger partial charge in [0, 0.05) is 26.1 Å². The second kappa shape index (κ2) is 6.59. The van der Waals surface area contributed by atoms with Crippen LogP contribution >= 0.6 is 0 Å². The standard InChI is InChI=1S/C12H22N2O3/c1-3-10(14-7-5-6-11(14)16)12(17)13(4-2)8-9-15/h10,15H,3-9H2,1-2H3. The van der Waals surface area contributed by atoms with Gasteiger partial charge in [0.1, 0.15) is 6.04 Å². The molecule has 0 aromatic rings. The van der Waals surface area contributed by atoms with Gasteiger partial charge in [-0.2, -0.15) is 0 Å². The fourth-order valence-electron chi connectivity index (χ4n) is 2.28. The van der Waals surface area contributed by atoms with Crippen molar-refractivity contribution in [1.29, 1.82) is 0 Å². The number of hydrogen-bond acceptors (Lipinski definition) is 3. The van der Waals surface area contributed by atoms with Crippen molar-refractivity contribution in [3.8, 4) is 0 Å². The molecule has 5 nitrogen and oxygen atoms in total. The molecule has 1 heterocycles. The SMILES string of the molecule is CCC(C(=O)N(CC)CCO)N1CCCC1=O. The topological polar surface area (TPSA) is 60.9 Å². The number of aliphatic hydroxyl groups excluding tert-OH is 1. The normalized spacial score (nSPS) is 17.4. The van der Waals surface area contributed by atoms with Crippen LogP contribution in [0.15, 0.2) is 0 Å². The van der Waals surface area contributed by atoms with Crippen molar-refractivity contribution in [1.82, 2.24) is 9.80 Å². The molecule has 1 saturated heterocycles. The molecule has 2 amide bonds. The Labute approximate surface area is 102 Å². The predicted octanol–water partition coefficient (Wildman–Crippen LogP) is 0.228. The molecule has 0 saturated carbocycles. The van der Waals surface area contributed by atoms with Crippen molar-refractivity contribution in [2.75, 3.05) is 26.2 Å². The molecule has 5 heteroatoms. The van der Waals surface area contributed by atoms with E-state index in [1.807, 2.05) is 13.8 Å². The van der Waals surface area contributed by atoms with E-state index in [-0.39, 0.29) is 24.5 Å². The summed E-state index contributed by atoms with van der Waals surface area (Å²) in [6, 6.07) is -0.350. The first-order valence-corrected chi connectivity index (χ1v) is 6.34. The van der Waals surface area contributed by atoms with Gasteiger partial charge in [0.05, 0.1) is 6.61 Å². The summed E-state index contributed by atoms with van der Waals surface area (Å²) in [5.41, 5.74) is 0. The number of rotatable bonds is 6. The van der Waals surface area contributed by atoms with Gasteiger partial charge in [-0.05, 0) is 19.8 Å². The maximum atomic E-state index is 12.2. The molecule has 0 radical (unpaired) electrons. The number of likely N-dealkylation sites (tertiary alicyclic amines) is 1. The molecule has 0 spiro atoms. The molecule has 1 fully saturated rings. The van der Waals surface area contributed by atoms with E-state index < -0.39 is 0 Å². The zero-order chi connectivity index (χ0) is 12.8. The molecule has 1 N–H and O–H groups in total. The molecule has 17 heavy (non-hydrogen) atoms. The highest BCUT2D eigenvalue weighted by Crippen LogP contribution is 2.17. The molecular formula is C12H22N2O3. The summed E-state index contributed by atoms with van der Waals surface area (Å²) in [5, 5.41) is 8.91. The van der Waals surface area contributed by atoms with Crippen molar-refractivity contribution in [2.45, 2.75) is 39.2 Å². The minimum Gasteiger partial charge on any atom is -0.395 e. The van der Waals surface area contributed by atoms with Gasteiger partial charge < -0.3 is 14.9 Å². The Morgan fingerprint density at radius 1 is 1.53 bits per heavy atom. The van der Waals surface area contributed by atoms with Crippen LogP contribution in [-0.4, -0.2) is 59.0 Å². The predicted molar refractivity (Wildman–Crippen MR) is 64.4 cm³/mol. The van der Waals surface area contributed by atoms with E-state index in [4.69, 9.17) is 5.11 Å². The molecule has 1 unspecified atom stereocenters. The summed E-state index contributed by atoms with van der Waals surface area (Å²) in [5.74, 6) is 0.0320. The Morgan fingerprint density at radius 3 is 2.65 bits per heavy atom. The third-order valence-electron chi connectivity index (χ3n) is 3.22. The van der Waals surface area contributed by atoms with Gasteiger partial charge in [-0.3, -0.25) is 9.59 Å². The zero-order valence-corrected chi connectivity index (χ0v) is 10.7. The van der Waals surface area contributed by atoms with Gasteiger partial charge in [-0.25, -0.2) is 0 Å². The molecule has 0 bridgehead atoms. The number of likely N-dealkylation sites (N-methyl/N-ethyl adjacent to an activating group) is 1. The summed E-state index contributed by atoms with van der Waals surface area (Å²) in [6.07, 6.45) is 2.02. The van der Waals surface area contributed by atoms with Gasteiger partial charge in [-0.1, -0.05) is 6.92 Å². The number of carbonyl (C=O) groups excluding carboxylic acids is 2. The van der Waals surface area contributed by atoms with E-state index in [0.29, 0.717) is 32.5 Å². The third-order valence-corrected chi connectivity index (χ3v) is 3.22. The van der Waals surface area contributed by atoms with Gasteiger partial charge in [0.2, 0.25) is 11.8 Å². The molecule has 1 rings (SSSR count). The average Bonchev–Trinajstić information content (AvgIpc) is 2.73. The molecule has 0 aliphatic carbocycles. The van der Waals surface area contributed by atoms with Crippen LogP contribution in [0.25, 0.3) is 0 Å². The van der Waals surface area contributed by atoms with E-state index in [9.17, 15) is 9.59 Å². The fraction of sp³-hybridized carbons (Fsp3) is 0.833. The summed E-state index contributed by atoms with van der Waals surface area (Å²) in [7, 11) is 0. The van der Waals surface area contributed by atoms with E-state index in [0.717, 1.165) is 6.42 Å². The molecule has 0 aromatic carbocycles. The molecule has 1 aliphatic heterocycles. The first-order chi connectivity index (χ1) is 8.15. The lowest BCUT2D eigenvalue weighted by atomic mass is 10.1. The van der Waals surface area contributed by atoms with Gasteiger partial charge in [-0.15, -0.1) is 0 Å². The Balaban J connectivity index is 2.71. The van der Waals surface area contributed by atoms with Gasteiger partial charge in [0.15, 0.2) is 0 Å². The number of hydrogen-bond donors (Lipinski definition) is 1. The van der Waals surface area contributed by atoms with Crippen LogP contribution < -0.4 is 0 Å². The Morgan fingerprint density at radius 2 is 2.24 bits per heavy atom. The highest BCUT2D eigenvalue weighted by atomic mass is 16.3. The maximum absolute atomic E-state index is 12.2. The lowest BCUT2D eigenvalue weighted by Crippen LogP contribution is -2.49. The van der Waals surface area contributed by atoms with E-state index >= 15 is 0 Å². The van der Waals surface area contributed by atoms with Crippen molar-refractivity contribution in [2.24, 2.45) is 0 Å². The molecule has 1 aliphatic rings. The van der Waals surface area contributed by atoms with Crippen molar-refractivity contribution in [3.63, 3.8) is 0 Å². The van der Waals surface area contributed by atoms with Crippen LogP contribution in [0.1, 0.15) is 33.1 Å². The first-order valence-electron chi connectivity index (χ1n) is 6.34. The fourth-order valence-corrected chi connectivity index (χ4v) is 2.28. The lowest BCUT2D eigenvalue weighted by molar-refractivity contribution is -0.143. The highest BCUT2D eigenvalue weighted by Gasteiger charge is 2.33. The van der Waals surface area contributed by atoms with Crippen LogP contribution in [0, 0.1) is 0 Å². The average molecular weight is 242 g/mol. The second-order valence-electron chi connectivity index (χ2n) is 4.26. The minimum absolute atomic E-state index is 0.0377. The van der Waals surface area contributed by atoms with E-state index in [1.54, 1.807) is 9.80 Å². The highest BCUT2D eigenvalue weighted by molar-refractivity contribution is 5.88. The van der Waals surface area contributed by atoms with E-state index in [1.165, 1.54) is 0 Å². The quantitative estimate of drug-likeness (QED) is 0.725. The molecule has 1 atom stereocenters.